The van der Waals surface area contributed by atoms with Crippen LogP contribution in [-0.4, -0.2) is 141 Å². The van der Waals surface area contributed by atoms with Gasteiger partial charge in [-0.25, -0.2) is 27.7 Å². The summed E-state index contributed by atoms with van der Waals surface area (Å²) in [6, 6.07) is 13.5. The summed E-state index contributed by atoms with van der Waals surface area (Å²) < 4.78 is 32.8. The molecule has 0 radical (unpaired) electrons. The molecular formula is C54H69N11O6S. The molecule has 9 heterocycles. The first-order chi connectivity index (χ1) is 34.8. The average molecular weight is 1000 g/mol. The standard InChI is InChI=1S/C54H69N11O6S/c1-34(2)64-33-56-45-31-44(58-50(49(45)64)57-38-8-9-38)36-6-11-43-46(28-36)65(40-29-39(30-40)60-20-4-3-5-21-60)53(69)54(43)18-26-63(27-19-54)72(70,71)41-16-24-62(25-17-41)52(68)35-14-22-61(23-15-35)47-12-7-37(32-55-47)42-10-13-48(66)59-51(42)67/h6-7,11-12,28,31-35,38-42H,3-5,8-10,13-27,29-30H2,1-2H3,(H,57,58)(H,59,66,67)/t39-,40+,42?. The van der Waals surface area contributed by atoms with E-state index in [0.717, 1.165) is 89.5 Å². The van der Waals surface area contributed by atoms with Gasteiger partial charge >= 0.3 is 0 Å². The van der Waals surface area contributed by atoms with Crippen molar-refractivity contribution < 1.29 is 27.6 Å². The molecule has 6 aliphatic heterocycles. The fourth-order valence-corrected chi connectivity index (χ4v) is 15.1. The summed E-state index contributed by atoms with van der Waals surface area (Å²) in [5, 5.41) is 5.53. The van der Waals surface area contributed by atoms with Gasteiger partial charge in [-0.2, -0.15) is 0 Å². The minimum Gasteiger partial charge on any atom is -0.366 e. The molecule has 1 spiro atoms. The number of hydrogen-bond acceptors (Lipinski definition) is 12. The summed E-state index contributed by atoms with van der Waals surface area (Å²) in [7, 11) is -3.68. The number of rotatable bonds is 11. The molecule has 18 heteroatoms. The normalized spacial score (nSPS) is 25.8. The smallest absolute Gasteiger partial charge is 0.238 e. The fourth-order valence-electron chi connectivity index (χ4n) is 13.2. The molecule has 0 bridgehead atoms. The number of carbonyl (C=O) groups excluding carboxylic acids is 4. The third-order valence-electron chi connectivity index (χ3n) is 17.8. The molecule has 2 saturated carbocycles. The van der Waals surface area contributed by atoms with E-state index in [9.17, 15) is 22.8 Å². The number of piperidine rings is 5. The van der Waals surface area contributed by atoms with E-state index in [1.54, 1.807) is 10.5 Å². The lowest BCUT2D eigenvalue weighted by atomic mass is 9.73. The second-order valence-corrected chi connectivity index (χ2v) is 24.6. The molecule has 1 unspecified atom stereocenters. The predicted molar refractivity (Wildman–Crippen MR) is 275 cm³/mol. The Labute approximate surface area is 422 Å². The van der Waals surface area contributed by atoms with Crippen LogP contribution in [0.5, 0.6) is 0 Å². The first-order valence-electron chi connectivity index (χ1n) is 27.0. The Morgan fingerprint density at radius 3 is 2.25 bits per heavy atom. The van der Waals surface area contributed by atoms with Crippen LogP contribution in [0.3, 0.4) is 0 Å². The summed E-state index contributed by atoms with van der Waals surface area (Å²) in [6.45, 7) is 9.29. The topological polar surface area (TPSA) is 186 Å². The van der Waals surface area contributed by atoms with Crippen LogP contribution in [0.1, 0.15) is 133 Å². The van der Waals surface area contributed by atoms with Crippen molar-refractivity contribution in [2.75, 3.05) is 67.5 Å². The van der Waals surface area contributed by atoms with Crippen LogP contribution >= 0.6 is 0 Å². The molecule has 2 aliphatic carbocycles. The zero-order chi connectivity index (χ0) is 49.5. The molecule has 72 heavy (non-hydrogen) atoms. The van der Waals surface area contributed by atoms with Gasteiger partial charge in [0.25, 0.3) is 0 Å². The first-order valence-corrected chi connectivity index (χ1v) is 28.5. The molecule has 12 rings (SSSR count). The molecule has 1 atom stereocenters. The number of likely N-dealkylation sites (tertiary alicyclic amines) is 2. The van der Waals surface area contributed by atoms with E-state index < -0.39 is 20.7 Å². The molecule has 8 aliphatic rings. The quantitative estimate of drug-likeness (QED) is 0.165. The largest absolute Gasteiger partial charge is 0.366 e. The zero-order valence-electron chi connectivity index (χ0n) is 41.8. The summed E-state index contributed by atoms with van der Waals surface area (Å²) in [5.41, 5.74) is 5.60. The molecule has 1 aromatic carbocycles. The van der Waals surface area contributed by atoms with Crippen molar-refractivity contribution in [1.82, 2.24) is 38.9 Å². The Kier molecular flexibility index (Phi) is 12.4. The van der Waals surface area contributed by atoms with Gasteiger partial charge in [-0.15, -0.1) is 0 Å². The number of imide groups is 1. The highest BCUT2D eigenvalue weighted by molar-refractivity contribution is 7.89. The lowest BCUT2D eigenvalue weighted by Crippen LogP contribution is -2.58. The third-order valence-corrected chi connectivity index (χ3v) is 20.2. The number of nitrogens with zero attached hydrogens (tertiary/aromatic N) is 9. The molecular weight excluding hydrogens is 931 g/mol. The number of anilines is 3. The Hall–Kier alpha value is -5.46. The van der Waals surface area contributed by atoms with Gasteiger partial charge in [0.2, 0.25) is 33.7 Å². The van der Waals surface area contributed by atoms with Crippen molar-refractivity contribution in [2.24, 2.45) is 5.92 Å². The Morgan fingerprint density at radius 1 is 0.819 bits per heavy atom. The minimum atomic E-state index is -3.68. The SMILES string of the molecule is CC(C)n1cnc2cc(-c3ccc4c(c3)N([C@H]3C[C@@H](N5CCCCC5)C3)C(=O)C43CCN(S(=O)(=O)C4CCN(C(=O)C5CCN(c6ccc(C7CCC(=O)NC7=O)cn6)CC5)CC4)CC3)nc(NC3CC3)c21. The monoisotopic (exact) mass is 1000 g/mol. The van der Waals surface area contributed by atoms with E-state index in [-0.39, 0.29) is 60.6 Å². The third kappa shape index (κ3) is 8.55. The maximum atomic E-state index is 15.2. The minimum absolute atomic E-state index is 0.0900. The van der Waals surface area contributed by atoms with Crippen LogP contribution < -0.4 is 20.4 Å². The fraction of sp³-hybridized carbons (Fsp3) is 0.611. The Bertz CT molecular complexity index is 2870. The number of nitrogens with one attached hydrogen (secondary N) is 2. The van der Waals surface area contributed by atoms with E-state index in [0.29, 0.717) is 89.6 Å². The number of hydrogen-bond donors (Lipinski definition) is 2. The number of amides is 4. The van der Waals surface area contributed by atoms with Gasteiger partial charge in [0.1, 0.15) is 11.3 Å². The lowest BCUT2D eigenvalue weighted by molar-refractivity contribution is -0.137. The van der Waals surface area contributed by atoms with Crippen LogP contribution in [0, 0.1) is 5.92 Å². The van der Waals surface area contributed by atoms with Crippen molar-refractivity contribution >= 4 is 62.0 Å². The van der Waals surface area contributed by atoms with Gasteiger partial charge in [-0.05, 0) is 140 Å². The number of fused-ring (bicyclic) bond motifs is 3. The van der Waals surface area contributed by atoms with E-state index in [2.05, 4.69) is 73.0 Å². The van der Waals surface area contributed by atoms with Crippen LogP contribution in [0.2, 0.25) is 0 Å². The first kappa shape index (κ1) is 47.5. The molecule has 4 amide bonds. The predicted octanol–water partition coefficient (Wildman–Crippen LogP) is 6.10. The maximum Gasteiger partial charge on any atom is 0.238 e. The van der Waals surface area contributed by atoms with Gasteiger partial charge in [0.05, 0.1) is 34.1 Å². The highest BCUT2D eigenvalue weighted by Crippen LogP contribution is 2.53. The van der Waals surface area contributed by atoms with E-state index in [1.807, 2.05) is 23.4 Å². The van der Waals surface area contributed by atoms with Crippen molar-refractivity contribution in [3.8, 4) is 11.3 Å². The molecule has 5 saturated heterocycles. The highest BCUT2D eigenvalue weighted by atomic mass is 32.2. The summed E-state index contributed by atoms with van der Waals surface area (Å²) in [6.07, 6.45) is 15.3. The van der Waals surface area contributed by atoms with Gasteiger partial charge < -0.3 is 29.5 Å². The van der Waals surface area contributed by atoms with Crippen molar-refractivity contribution in [3.05, 3.63) is 60.0 Å². The number of pyridine rings is 2. The number of carbonyl (C=O) groups is 4. The summed E-state index contributed by atoms with van der Waals surface area (Å²) in [4.78, 5) is 76.5. The van der Waals surface area contributed by atoms with Crippen molar-refractivity contribution in [1.29, 1.82) is 0 Å². The van der Waals surface area contributed by atoms with E-state index in [4.69, 9.17) is 9.97 Å². The lowest BCUT2D eigenvalue weighted by Gasteiger charge is -2.48. The molecule has 3 aromatic heterocycles. The number of benzene rings is 1. The van der Waals surface area contributed by atoms with E-state index in [1.165, 1.54) is 19.3 Å². The summed E-state index contributed by atoms with van der Waals surface area (Å²) >= 11 is 0. The second-order valence-electron chi connectivity index (χ2n) is 22.4. The highest BCUT2D eigenvalue weighted by Gasteiger charge is 2.57. The van der Waals surface area contributed by atoms with Gasteiger partial charge in [-0.1, -0.05) is 24.6 Å². The van der Waals surface area contributed by atoms with Crippen molar-refractivity contribution in [2.45, 2.75) is 151 Å². The molecule has 7 fully saturated rings. The van der Waals surface area contributed by atoms with Gasteiger partial charge in [0.15, 0.2) is 5.82 Å². The van der Waals surface area contributed by atoms with Crippen LogP contribution in [0.4, 0.5) is 17.3 Å². The number of aromatic nitrogens is 4. The maximum absolute atomic E-state index is 15.2. The molecule has 2 N–H and O–H groups in total. The second kappa shape index (κ2) is 18.8. The Balaban J connectivity index is 0.707. The van der Waals surface area contributed by atoms with Crippen LogP contribution in [0.15, 0.2) is 48.9 Å². The van der Waals surface area contributed by atoms with E-state index >= 15 is 4.79 Å². The summed E-state index contributed by atoms with van der Waals surface area (Å²) in [5.74, 6) is 0.815. The molecule has 382 valence electrons. The molecule has 4 aromatic rings. The van der Waals surface area contributed by atoms with Gasteiger partial charge in [-0.3, -0.25) is 24.5 Å². The van der Waals surface area contributed by atoms with Crippen LogP contribution in [-0.2, 0) is 34.6 Å². The Morgan fingerprint density at radius 2 is 1.57 bits per heavy atom. The van der Waals surface area contributed by atoms with Crippen LogP contribution in [0.25, 0.3) is 22.3 Å². The van der Waals surface area contributed by atoms with Crippen molar-refractivity contribution in [3.63, 3.8) is 0 Å². The van der Waals surface area contributed by atoms with Gasteiger partial charge in [0, 0.05) is 93.2 Å². The number of sulfonamides is 1. The zero-order valence-corrected chi connectivity index (χ0v) is 42.6. The molecule has 17 nitrogen and oxygen atoms in total. The number of imidazole rings is 1. The average Bonchev–Trinajstić information content (AvgIpc) is 4.05.